The lowest BCUT2D eigenvalue weighted by molar-refractivity contribution is 0.160. The van der Waals surface area contributed by atoms with E-state index in [-0.39, 0.29) is 12.6 Å². The molecule has 0 saturated carbocycles. The maximum atomic E-state index is 8.96. The molecule has 4 heteroatoms. The first kappa shape index (κ1) is 12.1. The van der Waals surface area contributed by atoms with Gasteiger partial charge in [0.2, 0.25) is 0 Å². The van der Waals surface area contributed by atoms with Crippen molar-refractivity contribution < 1.29 is 5.11 Å². The topological polar surface area (TPSA) is 62.4 Å². The Kier molecular flexibility index (Phi) is 5.25. The van der Waals surface area contributed by atoms with Crippen molar-refractivity contribution in [3.8, 4) is 0 Å². The first-order chi connectivity index (χ1) is 7.33. The highest BCUT2D eigenvalue weighted by molar-refractivity contribution is 5.14. The van der Waals surface area contributed by atoms with Crippen molar-refractivity contribution in [1.29, 1.82) is 0 Å². The summed E-state index contributed by atoms with van der Waals surface area (Å²) in [5, 5.41) is 8.96. The molecule has 1 heterocycles. The van der Waals surface area contributed by atoms with E-state index in [1.54, 1.807) is 6.20 Å². The van der Waals surface area contributed by atoms with Gasteiger partial charge in [0, 0.05) is 31.5 Å². The Labute approximate surface area is 90.7 Å². The highest BCUT2D eigenvalue weighted by Crippen LogP contribution is 2.17. The first-order valence-corrected chi connectivity index (χ1v) is 5.28. The maximum absolute atomic E-state index is 8.96. The number of nitrogens with zero attached hydrogens (tertiary/aromatic N) is 2. The van der Waals surface area contributed by atoms with E-state index in [1.807, 2.05) is 18.3 Å². The smallest absolute Gasteiger partial charge is 0.0558 e. The molecule has 1 aromatic rings. The number of hydrogen-bond acceptors (Lipinski definition) is 4. The third-order valence-corrected chi connectivity index (χ3v) is 2.53. The first-order valence-electron chi connectivity index (χ1n) is 5.28. The Bertz CT molecular complexity index is 266. The molecule has 0 saturated heterocycles. The normalized spacial score (nSPS) is 13.1. The van der Waals surface area contributed by atoms with Gasteiger partial charge in [-0.3, -0.25) is 9.88 Å². The Morgan fingerprint density at radius 1 is 1.60 bits per heavy atom. The largest absolute Gasteiger partial charge is 0.395 e. The van der Waals surface area contributed by atoms with Crippen LogP contribution >= 0.6 is 0 Å². The zero-order valence-electron chi connectivity index (χ0n) is 9.13. The Morgan fingerprint density at radius 2 is 2.40 bits per heavy atom. The summed E-state index contributed by atoms with van der Waals surface area (Å²) in [5.74, 6) is 0. The summed E-state index contributed by atoms with van der Waals surface area (Å²) in [6, 6.07) is 4.07. The van der Waals surface area contributed by atoms with Gasteiger partial charge in [-0.2, -0.15) is 0 Å². The fraction of sp³-hybridized carbons (Fsp3) is 0.545. The van der Waals surface area contributed by atoms with Crippen LogP contribution in [-0.2, 0) is 0 Å². The number of hydrogen-bond donors (Lipinski definition) is 2. The van der Waals surface area contributed by atoms with Crippen molar-refractivity contribution in [2.75, 3.05) is 26.2 Å². The van der Waals surface area contributed by atoms with Crippen molar-refractivity contribution in [3.63, 3.8) is 0 Å². The molecule has 84 valence electrons. The molecular formula is C11H19N3O. The summed E-state index contributed by atoms with van der Waals surface area (Å²) in [7, 11) is 0. The summed E-state index contributed by atoms with van der Waals surface area (Å²) in [5.41, 5.74) is 6.87. The van der Waals surface area contributed by atoms with Gasteiger partial charge in [0.25, 0.3) is 0 Å². The monoisotopic (exact) mass is 209 g/mol. The van der Waals surface area contributed by atoms with Crippen LogP contribution in [0.1, 0.15) is 18.5 Å². The van der Waals surface area contributed by atoms with Crippen molar-refractivity contribution in [2.24, 2.45) is 5.73 Å². The van der Waals surface area contributed by atoms with Crippen LogP contribution in [-0.4, -0.2) is 41.2 Å². The standard InChI is InChI=1S/C11H19N3O/c1-2-14(6-7-15)11(8-12)10-4-3-5-13-9-10/h3-5,9,11,15H,2,6-8,12H2,1H3. The van der Waals surface area contributed by atoms with Gasteiger partial charge in [0.15, 0.2) is 0 Å². The lowest BCUT2D eigenvalue weighted by Gasteiger charge is -2.29. The van der Waals surface area contributed by atoms with Gasteiger partial charge >= 0.3 is 0 Å². The van der Waals surface area contributed by atoms with Crippen LogP contribution in [0.2, 0.25) is 0 Å². The molecule has 0 amide bonds. The zero-order valence-corrected chi connectivity index (χ0v) is 9.13. The predicted molar refractivity (Wildman–Crippen MR) is 60.4 cm³/mol. The molecule has 0 bridgehead atoms. The second-order valence-corrected chi connectivity index (χ2v) is 3.39. The molecule has 0 spiro atoms. The minimum atomic E-state index is 0.149. The molecule has 0 aromatic carbocycles. The average molecular weight is 209 g/mol. The lowest BCUT2D eigenvalue weighted by Crippen LogP contribution is -2.35. The Hall–Kier alpha value is -0.970. The third kappa shape index (κ3) is 3.27. The van der Waals surface area contributed by atoms with Crippen molar-refractivity contribution in [2.45, 2.75) is 13.0 Å². The van der Waals surface area contributed by atoms with Gasteiger partial charge in [0.05, 0.1) is 6.61 Å². The van der Waals surface area contributed by atoms with E-state index in [0.29, 0.717) is 13.1 Å². The summed E-state index contributed by atoms with van der Waals surface area (Å²) < 4.78 is 0. The number of rotatable bonds is 6. The van der Waals surface area contributed by atoms with Crippen molar-refractivity contribution >= 4 is 0 Å². The van der Waals surface area contributed by atoms with Gasteiger partial charge in [-0.05, 0) is 18.2 Å². The summed E-state index contributed by atoms with van der Waals surface area (Å²) in [4.78, 5) is 6.24. The summed E-state index contributed by atoms with van der Waals surface area (Å²) in [6.07, 6.45) is 3.58. The second kappa shape index (κ2) is 6.50. The van der Waals surface area contributed by atoms with Crippen LogP contribution in [0.4, 0.5) is 0 Å². The van der Waals surface area contributed by atoms with Crippen LogP contribution in [0, 0.1) is 0 Å². The fourth-order valence-electron chi connectivity index (χ4n) is 1.73. The molecule has 4 nitrogen and oxygen atoms in total. The molecule has 1 rings (SSSR count). The Balaban J connectivity index is 2.77. The van der Waals surface area contributed by atoms with Crippen LogP contribution < -0.4 is 5.73 Å². The highest BCUT2D eigenvalue weighted by Gasteiger charge is 2.16. The van der Waals surface area contributed by atoms with Gasteiger partial charge in [0.1, 0.15) is 0 Å². The Morgan fingerprint density at radius 3 is 2.87 bits per heavy atom. The van der Waals surface area contributed by atoms with Gasteiger partial charge in [-0.15, -0.1) is 0 Å². The quantitative estimate of drug-likeness (QED) is 0.711. The number of aromatic nitrogens is 1. The fourth-order valence-corrected chi connectivity index (χ4v) is 1.73. The van der Waals surface area contributed by atoms with E-state index in [9.17, 15) is 0 Å². The number of nitrogens with two attached hydrogens (primary N) is 1. The molecule has 0 aliphatic rings. The van der Waals surface area contributed by atoms with Crippen molar-refractivity contribution in [3.05, 3.63) is 30.1 Å². The number of likely N-dealkylation sites (N-methyl/N-ethyl adjacent to an activating group) is 1. The van der Waals surface area contributed by atoms with Gasteiger partial charge in [-0.25, -0.2) is 0 Å². The molecule has 1 aromatic heterocycles. The predicted octanol–water partition coefficient (Wildman–Crippen LogP) is 0.396. The minimum absolute atomic E-state index is 0.149. The number of pyridine rings is 1. The minimum Gasteiger partial charge on any atom is -0.395 e. The SMILES string of the molecule is CCN(CCO)C(CN)c1cccnc1. The van der Waals surface area contributed by atoms with E-state index in [1.165, 1.54) is 0 Å². The molecular weight excluding hydrogens is 190 g/mol. The maximum Gasteiger partial charge on any atom is 0.0558 e. The molecule has 0 aliphatic heterocycles. The third-order valence-electron chi connectivity index (χ3n) is 2.53. The highest BCUT2D eigenvalue weighted by atomic mass is 16.3. The van der Waals surface area contributed by atoms with Crippen LogP contribution in [0.15, 0.2) is 24.5 Å². The molecule has 15 heavy (non-hydrogen) atoms. The number of aliphatic hydroxyl groups is 1. The molecule has 0 radical (unpaired) electrons. The molecule has 1 unspecified atom stereocenters. The van der Waals surface area contributed by atoms with E-state index in [0.717, 1.165) is 12.1 Å². The molecule has 3 N–H and O–H groups in total. The molecule has 1 atom stereocenters. The van der Waals surface area contributed by atoms with E-state index >= 15 is 0 Å². The van der Waals surface area contributed by atoms with Gasteiger partial charge < -0.3 is 10.8 Å². The van der Waals surface area contributed by atoms with Crippen LogP contribution in [0.25, 0.3) is 0 Å². The van der Waals surface area contributed by atoms with E-state index < -0.39 is 0 Å². The van der Waals surface area contributed by atoms with E-state index in [4.69, 9.17) is 10.8 Å². The molecule has 0 aliphatic carbocycles. The molecule has 0 fully saturated rings. The number of aliphatic hydroxyl groups excluding tert-OH is 1. The average Bonchev–Trinajstić information content (AvgIpc) is 2.30. The van der Waals surface area contributed by atoms with Crippen LogP contribution in [0.5, 0.6) is 0 Å². The van der Waals surface area contributed by atoms with Crippen molar-refractivity contribution in [1.82, 2.24) is 9.88 Å². The van der Waals surface area contributed by atoms with E-state index in [2.05, 4.69) is 16.8 Å². The summed E-state index contributed by atoms with van der Waals surface area (Å²) >= 11 is 0. The zero-order chi connectivity index (χ0) is 11.1. The van der Waals surface area contributed by atoms with Crippen LogP contribution in [0.3, 0.4) is 0 Å². The summed E-state index contributed by atoms with van der Waals surface area (Å²) in [6.45, 7) is 4.28. The second-order valence-electron chi connectivity index (χ2n) is 3.39. The van der Waals surface area contributed by atoms with Gasteiger partial charge in [-0.1, -0.05) is 13.0 Å². The lowest BCUT2D eigenvalue weighted by atomic mass is 10.1.